The minimum atomic E-state index is -1.21. The predicted molar refractivity (Wildman–Crippen MR) is 66.6 cm³/mol. The van der Waals surface area contributed by atoms with E-state index in [0.717, 1.165) is 0 Å². The Morgan fingerprint density at radius 2 is 2.22 bits per heavy atom. The number of aliphatic carboxylic acids is 1. The first-order valence-electron chi connectivity index (χ1n) is 5.29. The minimum Gasteiger partial charge on any atom is -0.480 e. The number of carboxylic acid groups (broad SMARTS) is 1. The van der Waals surface area contributed by atoms with Gasteiger partial charge in [0.15, 0.2) is 12.1 Å². The van der Waals surface area contributed by atoms with Crippen LogP contribution in [-0.2, 0) is 14.4 Å². The second-order valence-electron chi connectivity index (χ2n) is 4.78. The van der Waals surface area contributed by atoms with Gasteiger partial charge >= 0.3 is 12.1 Å². The Kier molecular flexibility index (Phi) is 4.55. The van der Waals surface area contributed by atoms with E-state index in [2.05, 4.69) is 26.4 Å². The molecule has 0 aromatic rings. The van der Waals surface area contributed by atoms with E-state index in [4.69, 9.17) is 14.7 Å². The molecule has 0 spiro atoms. The molecular formula is C10H15BrN2O5. The van der Waals surface area contributed by atoms with Crippen LogP contribution in [0, 0.1) is 0 Å². The summed E-state index contributed by atoms with van der Waals surface area (Å²) in [5.74, 6) is -1.21. The van der Waals surface area contributed by atoms with Crippen LogP contribution in [0.25, 0.3) is 0 Å². The average molecular weight is 323 g/mol. The van der Waals surface area contributed by atoms with Gasteiger partial charge in [-0.15, -0.1) is 0 Å². The number of rotatable bonds is 3. The second-order valence-corrected chi connectivity index (χ2v) is 5.69. The Hall–Kier alpha value is -1.31. The van der Waals surface area contributed by atoms with Crippen LogP contribution in [-0.4, -0.2) is 39.5 Å². The summed E-state index contributed by atoms with van der Waals surface area (Å²) in [7, 11) is 0. The van der Waals surface area contributed by atoms with Gasteiger partial charge in [-0.3, -0.25) is 0 Å². The maximum atomic E-state index is 11.5. The zero-order chi connectivity index (χ0) is 13.9. The number of nitrogens with one attached hydrogen (secondary N) is 1. The van der Waals surface area contributed by atoms with Crippen LogP contribution in [0.4, 0.5) is 4.79 Å². The van der Waals surface area contributed by atoms with Crippen molar-refractivity contribution in [2.75, 3.05) is 0 Å². The van der Waals surface area contributed by atoms with E-state index < -0.39 is 29.8 Å². The number of ether oxygens (including phenoxy) is 1. The maximum Gasteiger partial charge on any atom is 0.408 e. The van der Waals surface area contributed by atoms with Crippen molar-refractivity contribution in [3.8, 4) is 0 Å². The van der Waals surface area contributed by atoms with Gasteiger partial charge in [0.2, 0.25) is 0 Å². The molecule has 0 saturated heterocycles. The lowest BCUT2D eigenvalue weighted by molar-refractivity contribution is -0.143. The number of carbonyl (C=O) groups excluding carboxylic acids is 1. The third-order valence-electron chi connectivity index (χ3n) is 1.97. The summed E-state index contributed by atoms with van der Waals surface area (Å²) in [6, 6.07) is -1.21. The monoisotopic (exact) mass is 322 g/mol. The minimum absolute atomic E-state index is 0.284. The van der Waals surface area contributed by atoms with E-state index in [-0.39, 0.29) is 6.42 Å². The number of carboxylic acids is 1. The maximum absolute atomic E-state index is 11.5. The third-order valence-corrected chi connectivity index (χ3v) is 2.44. The lowest BCUT2D eigenvalue weighted by atomic mass is 10.1. The van der Waals surface area contributed by atoms with Crippen LogP contribution in [0.5, 0.6) is 0 Å². The van der Waals surface area contributed by atoms with Crippen LogP contribution >= 0.6 is 15.9 Å². The molecule has 1 heterocycles. The highest BCUT2D eigenvalue weighted by atomic mass is 79.9. The number of carbonyl (C=O) groups is 2. The molecule has 1 aliphatic heterocycles. The van der Waals surface area contributed by atoms with Crippen LogP contribution in [0.15, 0.2) is 5.16 Å². The SMILES string of the molecule is CC(C)(C)OC(=O)N[C@H](C(=O)O)[C@@H]1CC(Br)=NO1. The van der Waals surface area contributed by atoms with E-state index in [1.54, 1.807) is 20.8 Å². The predicted octanol–water partition coefficient (Wildman–Crippen LogP) is 1.46. The molecule has 0 saturated carbocycles. The van der Waals surface area contributed by atoms with Gasteiger partial charge in [-0.25, -0.2) is 9.59 Å². The van der Waals surface area contributed by atoms with Gasteiger partial charge in [0, 0.05) is 6.42 Å². The van der Waals surface area contributed by atoms with Gasteiger partial charge < -0.3 is 20.0 Å². The van der Waals surface area contributed by atoms with Crippen molar-refractivity contribution < 1.29 is 24.3 Å². The molecule has 0 unspecified atom stereocenters. The summed E-state index contributed by atoms with van der Waals surface area (Å²) in [5.41, 5.74) is -0.694. The van der Waals surface area contributed by atoms with Crippen LogP contribution in [0.2, 0.25) is 0 Å². The van der Waals surface area contributed by atoms with Crippen molar-refractivity contribution in [1.29, 1.82) is 0 Å². The van der Waals surface area contributed by atoms with E-state index in [0.29, 0.717) is 4.62 Å². The highest BCUT2D eigenvalue weighted by Gasteiger charge is 2.36. The van der Waals surface area contributed by atoms with Crippen molar-refractivity contribution in [2.24, 2.45) is 5.16 Å². The van der Waals surface area contributed by atoms with Gasteiger partial charge in [-0.1, -0.05) is 5.16 Å². The summed E-state index contributed by atoms with van der Waals surface area (Å²) in [5, 5.41) is 14.9. The molecule has 0 aliphatic carbocycles. The topological polar surface area (TPSA) is 97.2 Å². The number of hydrogen-bond donors (Lipinski definition) is 2. The lowest BCUT2D eigenvalue weighted by Gasteiger charge is -2.23. The summed E-state index contributed by atoms with van der Waals surface area (Å²) in [4.78, 5) is 27.5. The highest BCUT2D eigenvalue weighted by molar-refractivity contribution is 9.18. The Balaban J connectivity index is 2.59. The fourth-order valence-electron chi connectivity index (χ4n) is 1.29. The van der Waals surface area contributed by atoms with Crippen LogP contribution in [0.3, 0.4) is 0 Å². The molecule has 0 aromatic heterocycles. The Bertz CT molecular complexity index is 377. The van der Waals surface area contributed by atoms with E-state index in [1.807, 2.05) is 0 Å². The van der Waals surface area contributed by atoms with E-state index in [1.165, 1.54) is 0 Å². The first-order chi connectivity index (χ1) is 8.19. The third kappa shape index (κ3) is 4.52. The number of alkyl carbamates (subject to hydrolysis) is 1. The first-order valence-corrected chi connectivity index (χ1v) is 6.09. The molecule has 18 heavy (non-hydrogen) atoms. The number of nitrogens with zero attached hydrogens (tertiary/aromatic N) is 1. The van der Waals surface area contributed by atoms with Gasteiger partial charge in [0.25, 0.3) is 0 Å². The molecule has 2 atom stereocenters. The lowest BCUT2D eigenvalue weighted by Crippen LogP contribution is -2.50. The Morgan fingerprint density at radius 3 is 2.61 bits per heavy atom. The molecule has 0 radical (unpaired) electrons. The number of halogens is 1. The average Bonchev–Trinajstić information content (AvgIpc) is 2.57. The van der Waals surface area contributed by atoms with Crippen molar-refractivity contribution in [1.82, 2.24) is 5.32 Å². The second kappa shape index (κ2) is 5.55. The highest BCUT2D eigenvalue weighted by Crippen LogP contribution is 2.18. The molecule has 7 nitrogen and oxygen atoms in total. The molecule has 102 valence electrons. The van der Waals surface area contributed by atoms with E-state index in [9.17, 15) is 9.59 Å². The largest absolute Gasteiger partial charge is 0.480 e. The summed E-state index contributed by atoms with van der Waals surface area (Å²) < 4.78 is 5.49. The number of oxime groups is 1. The summed E-state index contributed by atoms with van der Waals surface area (Å²) in [6.07, 6.45) is -1.27. The normalized spacial score (nSPS) is 20.7. The number of hydrogen-bond acceptors (Lipinski definition) is 5. The van der Waals surface area contributed by atoms with Gasteiger partial charge in [-0.2, -0.15) is 0 Å². The van der Waals surface area contributed by atoms with Crippen molar-refractivity contribution in [2.45, 2.75) is 44.9 Å². The van der Waals surface area contributed by atoms with Crippen molar-refractivity contribution in [3.63, 3.8) is 0 Å². The van der Waals surface area contributed by atoms with Gasteiger partial charge in [0.05, 0.1) is 0 Å². The van der Waals surface area contributed by atoms with Crippen LogP contribution < -0.4 is 5.32 Å². The fraction of sp³-hybridized carbons (Fsp3) is 0.700. The van der Waals surface area contributed by atoms with Crippen molar-refractivity contribution in [3.05, 3.63) is 0 Å². The van der Waals surface area contributed by atoms with E-state index >= 15 is 0 Å². The molecular weight excluding hydrogens is 308 g/mol. The molecule has 1 rings (SSSR count). The molecule has 1 aliphatic rings. The quantitative estimate of drug-likeness (QED) is 0.819. The summed E-state index contributed by atoms with van der Waals surface area (Å²) in [6.45, 7) is 5.07. The molecule has 2 N–H and O–H groups in total. The molecule has 1 amide bonds. The zero-order valence-electron chi connectivity index (χ0n) is 10.3. The smallest absolute Gasteiger partial charge is 0.408 e. The standard InChI is InChI=1S/C10H15BrN2O5/c1-10(2,3)17-9(16)12-7(8(14)15)5-4-6(11)13-18-5/h5,7H,4H2,1-3H3,(H,12,16)(H,14,15)/t5-,7-/m0/s1. The molecule has 0 bridgehead atoms. The molecule has 8 heteroatoms. The van der Waals surface area contributed by atoms with Gasteiger partial charge in [0.1, 0.15) is 10.2 Å². The summed E-state index contributed by atoms with van der Waals surface area (Å²) >= 11 is 3.10. The first kappa shape index (κ1) is 14.7. The fourth-order valence-corrected chi connectivity index (χ4v) is 1.70. The molecule has 0 aromatic carbocycles. The number of amides is 1. The molecule has 0 fully saturated rings. The Labute approximate surface area is 113 Å². The van der Waals surface area contributed by atoms with Crippen molar-refractivity contribution >= 4 is 32.6 Å². The Morgan fingerprint density at radius 1 is 1.61 bits per heavy atom. The zero-order valence-corrected chi connectivity index (χ0v) is 11.9. The van der Waals surface area contributed by atoms with Gasteiger partial charge in [-0.05, 0) is 36.7 Å². The van der Waals surface area contributed by atoms with Crippen LogP contribution in [0.1, 0.15) is 27.2 Å².